The number of ether oxygens (including phenoxy) is 1. The fourth-order valence-electron chi connectivity index (χ4n) is 2.84. The van der Waals surface area contributed by atoms with E-state index in [0.717, 1.165) is 5.56 Å². The lowest BCUT2D eigenvalue weighted by Crippen LogP contribution is -2.27. The van der Waals surface area contributed by atoms with E-state index in [0.29, 0.717) is 5.69 Å². The average Bonchev–Trinajstić information content (AvgIpc) is 3.24. The molecule has 0 bridgehead atoms. The van der Waals surface area contributed by atoms with Crippen LogP contribution in [0.15, 0.2) is 41.4 Å². The second kappa shape index (κ2) is 8.60. The van der Waals surface area contributed by atoms with Gasteiger partial charge in [-0.3, -0.25) is 10.1 Å². The predicted octanol–water partition coefficient (Wildman–Crippen LogP) is 1.73. The van der Waals surface area contributed by atoms with Gasteiger partial charge in [-0.15, -0.1) is 0 Å². The first-order valence-corrected chi connectivity index (χ1v) is 10.4. The number of aromatic amines is 1. The molecule has 1 aromatic heterocycles. The molecule has 3 amide bonds. The molecule has 1 aliphatic rings. The van der Waals surface area contributed by atoms with Gasteiger partial charge in [0.1, 0.15) is 18.9 Å². The largest absolute Gasteiger partial charge is 0.488 e. The second-order valence-corrected chi connectivity index (χ2v) is 8.60. The minimum atomic E-state index is -3.66. The third kappa shape index (κ3) is 5.53. The Hall–Kier alpha value is -2.95. The Morgan fingerprint density at radius 2 is 2.00 bits per heavy atom. The van der Waals surface area contributed by atoms with Crippen molar-refractivity contribution in [3.8, 4) is 5.75 Å². The van der Waals surface area contributed by atoms with Gasteiger partial charge in [0, 0.05) is 24.9 Å². The van der Waals surface area contributed by atoms with Crippen molar-refractivity contribution in [2.45, 2.75) is 24.3 Å². The van der Waals surface area contributed by atoms with Crippen molar-refractivity contribution in [1.29, 1.82) is 0 Å². The Labute approximate surface area is 165 Å². The van der Waals surface area contributed by atoms with Gasteiger partial charge in [0.15, 0.2) is 9.84 Å². The van der Waals surface area contributed by atoms with Crippen molar-refractivity contribution in [3.05, 3.63) is 47.8 Å². The molecular formula is C18H19F2N3O5S. The summed E-state index contributed by atoms with van der Waals surface area (Å²) < 4.78 is 54.4. The lowest BCUT2D eigenvalue weighted by molar-refractivity contribution is -0.118. The van der Waals surface area contributed by atoms with Crippen LogP contribution in [0.25, 0.3) is 0 Å². The standard InChI is InChI=1S/C18H19F2N3O5S/c19-16(20)11-28-14-2-1-3-15(7-14)29(26,27)5-4-13-6-12(8-21-13)9-23-10-17(24)22-18(23)25/h1-3,6-8,16,21H,4-5,9-11H2,(H,22,24,25). The van der Waals surface area contributed by atoms with Gasteiger partial charge < -0.3 is 14.6 Å². The SMILES string of the molecule is O=C1CN(Cc2c[nH]c(CCS(=O)(=O)c3cccc(OCC(F)F)c3)c2)C(=O)N1. The highest BCUT2D eigenvalue weighted by molar-refractivity contribution is 7.91. The van der Waals surface area contributed by atoms with Crippen molar-refractivity contribution >= 4 is 21.8 Å². The molecule has 2 aromatic rings. The summed E-state index contributed by atoms with van der Waals surface area (Å²) in [6.45, 7) is -0.600. The molecule has 0 atom stereocenters. The Morgan fingerprint density at radius 3 is 2.69 bits per heavy atom. The number of H-pyrrole nitrogens is 1. The fourth-order valence-corrected chi connectivity index (χ4v) is 4.14. The maximum absolute atomic E-state index is 12.5. The molecule has 3 rings (SSSR count). The number of halogens is 2. The van der Waals surface area contributed by atoms with Crippen LogP contribution >= 0.6 is 0 Å². The van der Waals surface area contributed by atoms with E-state index in [2.05, 4.69) is 10.3 Å². The molecule has 11 heteroatoms. The molecule has 0 spiro atoms. The molecule has 1 aliphatic heterocycles. The number of rotatable bonds is 9. The Morgan fingerprint density at radius 1 is 1.21 bits per heavy atom. The molecule has 1 aromatic carbocycles. The molecule has 0 radical (unpaired) electrons. The summed E-state index contributed by atoms with van der Waals surface area (Å²) in [5.41, 5.74) is 1.39. The molecule has 0 aliphatic carbocycles. The van der Waals surface area contributed by atoms with Gasteiger partial charge in [-0.2, -0.15) is 0 Å². The first kappa shape index (κ1) is 20.8. The molecule has 2 heterocycles. The number of imide groups is 1. The normalized spacial score (nSPS) is 14.5. The maximum atomic E-state index is 12.5. The number of hydrogen-bond donors (Lipinski definition) is 2. The highest BCUT2D eigenvalue weighted by Crippen LogP contribution is 2.20. The summed E-state index contributed by atoms with van der Waals surface area (Å²) in [7, 11) is -3.66. The molecule has 0 saturated carbocycles. The van der Waals surface area contributed by atoms with Crippen LogP contribution in [0, 0.1) is 0 Å². The maximum Gasteiger partial charge on any atom is 0.324 e. The van der Waals surface area contributed by atoms with Gasteiger partial charge in [0.05, 0.1) is 10.6 Å². The predicted molar refractivity (Wildman–Crippen MR) is 98.4 cm³/mol. The number of amides is 3. The van der Waals surface area contributed by atoms with Gasteiger partial charge in [-0.05, 0) is 29.8 Å². The van der Waals surface area contributed by atoms with E-state index in [-0.39, 0.29) is 41.8 Å². The number of aromatic nitrogens is 1. The van der Waals surface area contributed by atoms with E-state index in [1.54, 1.807) is 12.3 Å². The second-order valence-electron chi connectivity index (χ2n) is 6.49. The summed E-state index contributed by atoms with van der Waals surface area (Å²) in [5, 5.41) is 2.18. The van der Waals surface area contributed by atoms with Crippen LogP contribution in [-0.2, 0) is 27.6 Å². The van der Waals surface area contributed by atoms with Crippen LogP contribution in [-0.4, -0.2) is 55.6 Å². The van der Waals surface area contributed by atoms with Gasteiger partial charge in [0.2, 0.25) is 5.91 Å². The van der Waals surface area contributed by atoms with E-state index in [4.69, 9.17) is 4.74 Å². The lowest BCUT2D eigenvalue weighted by Gasteiger charge is -2.11. The third-order valence-electron chi connectivity index (χ3n) is 4.22. The molecule has 1 saturated heterocycles. The van der Waals surface area contributed by atoms with Crippen LogP contribution in [0.4, 0.5) is 13.6 Å². The van der Waals surface area contributed by atoms with Crippen LogP contribution in [0.1, 0.15) is 11.3 Å². The van der Waals surface area contributed by atoms with Crippen LogP contribution in [0.5, 0.6) is 5.75 Å². The third-order valence-corrected chi connectivity index (χ3v) is 5.94. The van der Waals surface area contributed by atoms with Crippen molar-refractivity contribution in [3.63, 3.8) is 0 Å². The number of alkyl halides is 2. The van der Waals surface area contributed by atoms with E-state index < -0.39 is 28.9 Å². The summed E-state index contributed by atoms with van der Waals surface area (Å²) >= 11 is 0. The number of aryl methyl sites for hydroxylation is 1. The van der Waals surface area contributed by atoms with Crippen molar-refractivity contribution in [2.75, 3.05) is 18.9 Å². The van der Waals surface area contributed by atoms with Crippen molar-refractivity contribution in [1.82, 2.24) is 15.2 Å². The van der Waals surface area contributed by atoms with E-state index in [9.17, 15) is 26.8 Å². The molecular weight excluding hydrogens is 408 g/mol. The van der Waals surface area contributed by atoms with E-state index in [1.807, 2.05) is 0 Å². The smallest absolute Gasteiger partial charge is 0.324 e. The van der Waals surface area contributed by atoms with E-state index >= 15 is 0 Å². The van der Waals surface area contributed by atoms with Gasteiger partial charge in [-0.1, -0.05) is 6.07 Å². The Bertz CT molecular complexity index is 1010. The average molecular weight is 427 g/mol. The van der Waals surface area contributed by atoms with Crippen LogP contribution in [0.3, 0.4) is 0 Å². The zero-order chi connectivity index (χ0) is 21.0. The van der Waals surface area contributed by atoms with Gasteiger partial charge >= 0.3 is 6.03 Å². The minimum absolute atomic E-state index is 0.0108. The topological polar surface area (TPSA) is 109 Å². The lowest BCUT2D eigenvalue weighted by atomic mass is 10.2. The number of urea groups is 1. The quantitative estimate of drug-likeness (QED) is 0.593. The summed E-state index contributed by atoms with van der Waals surface area (Å²) in [6.07, 6.45) is -0.811. The number of nitrogens with zero attached hydrogens (tertiary/aromatic N) is 1. The molecule has 1 fully saturated rings. The molecule has 0 unspecified atom stereocenters. The fraction of sp³-hybridized carbons (Fsp3) is 0.333. The molecule has 156 valence electrons. The number of nitrogens with one attached hydrogen (secondary N) is 2. The highest BCUT2D eigenvalue weighted by Gasteiger charge is 2.26. The van der Waals surface area contributed by atoms with Crippen molar-refractivity contribution < 1.29 is 31.5 Å². The molecule has 29 heavy (non-hydrogen) atoms. The zero-order valence-electron chi connectivity index (χ0n) is 15.2. The number of benzene rings is 1. The first-order chi connectivity index (χ1) is 13.7. The van der Waals surface area contributed by atoms with Gasteiger partial charge in [0.25, 0.3) is 6.43 Å². The van der Waals surface area contributed by atoms with Crippen LogP contribution in [0.2, 0.25) is 0 Å². The Balaban J connectivity index is 1.59. The summed E-state index contributed by atoms with van der Waals surface area (Å²) in [5.74, 6) is -0.503. The van der Waals surface area contributed by atoms with Gasteiger partial charge in [-0.25, -0.2) is 22.0 Å². The Kier molecular flexibility index (Phi) is 6.16. The molecule has 8 nitrogen and oxygen atoms in total. The zero-order valence-corrected chi connectivity index (χ0v) is 16.0. The number of carbonyl (C=O) groups is 2. The summed E-state index contributed by atoms with van der Waals surface area (Å²) in [4.78, 5) is 27.1. The monoisotopic (exact) mass is 427 g/mol. The molecule has 2 N–H and O–H groups in total. The first-order valence-electron chi connectivity index (χ1n) is 8.71. The highest BCUT2D eigenvalue weighted by atomic mass is 32.2. The summed E-state index contributed by atoms with van der Waals surface area (Å²) in [6, 6.07) is 6.72. The van der Waals surface area contributed by atoms with Crippen LogP contribution < -0.4 is 10.1 Å². The van der Waals surface area contributed by atoms with Crippen molar-refractivity contribution in [2.24, 2.45) is 0 Å². The number of hydrogen-bond acceptors (Lipinski definition) is 5. The van der Waals surface area contributed by atoms with E-state index in [1.165, 1.54) is 29.2 Å². The number of sulfone groups is 1. The minimum Gasteiger partial charge on any atom is -0.488 e. The number of carbonyl (C=O) groups excluding carboxylic acids is 2.